The highest BCUT2D eigenvalue weighted by Gasteiger charge is 2.39. The molecule has 1 aliphatic heterocycles. The zero-order valence-corrected chi connectivity index (χ0v) is 11.2. The molecule has 0 aromatic heterocycles. The van der Waals surface area contributed by atoms with Gasteiger partial charge < -0.3 is 5.11 Å². The number of hydrogen-bond acceptors (Lipinski definition) is 2. The Hall–Kier alpha value is -1.06. The summed E-state index contributed by atoms with van der Waals surface area (Å²) in [6.07, 6.45) is 1.76. The maximum atomic E-state index is 11.3. The lowest BCUT2D eigenvalue weighted by atomic mass is 9.94. The molecule has 1 saturated heterocycles. The molecule has 0 spiro atoms. The van der Waals surface area contributed by atoms with Crippen molar-refractivity contribution >= 4 is 17.6 Å². The number of aliphatic carboxylic acids is 1. The van der Waals surface area contributed by atoms with Gasteiger partial charge in [0.1, 0.15) is 0 Å². The quantitative estimate of drug-likeness (QED) is 0.911. The van der Waals surface area contributed by atoms with E-state index in [0.717, 1.165) is 31.5 Å². The Balaban J connectivity index is 2.28. The average Bonchev–Trinajstić information content (AvgIpc) is 2.75. The molecule has 2 unspecified atom stereocenters. The normalized spacial score (nSPS) is 24.3. The summed E-state index contributed by atoms with van der Waals surface area (Å²) in [7, 11) is 0. The van der Waals surface area contributed by atoms with Crippen molar-refractivity contribution in [1.82, 2.24) is 4.90 Å². The Bertz CT molecular complexity index is 418. The second-order valence-electron chi connectivity index (χ2n) is 4.77. The van der Waals surface area contributed by atoms with Gasteiger partial charge in [0.05, 0.1) is 5.92 Å². The first kappa shape index (κ1) is 13.4. The number of hydrogen-bond donors (Lipinski definition) is 1. The summed E-state index contributed by atoms with van der Waals surface area (Å²) in [5.41, 5.74) is 1.05. The van der Waals surface area contributed by atoms with Gasteiger partial charge in [-0.25, -0.2) is 0 Å². The standard InChI is InChI=1S/C14H18ClNO2/c1-2-8-16-9-7-12(14(17)18)13(16)10-3-5-11(15)6-4-10/h3-6,12-13H,2,7-9H2,1H3,(H,17,18). The van der Waals surface area contributed by atoms with Crippen molar-refractivity contribution in [2.75, 3.05) is 13.1 Å². The fraction of sp³-hybridized carbons (Fsp3) is 0.500. The molecule has 1 heterocycles. The van der Waals surface area contributed by atoms with Crippen LogP contribution in [0.5, 0.6) is 0 Å². The fourth-order valence-electron chi connectivity index (χ4n) is 2.76. The molecule has 0 aliphatic carbocycles. The van der Waals surface area contributed by atoms with E-state index in [1.165, 1.54) is 0 Å². The van der Waals surface area contributed by atoms with E-state index in [9.17, 15) is 9.90 Å². The van der Waals surface area contributed by atoms with Crippen LogP contribution in [-0.4, -0.2) is 29.1 Å². The van der Waals surface area contributed by atoms with Gasteiger partial charge in [-0.05, 0) is 43.6 Å². The topological polar surface area (TPSA) is 40.5 Å². The summed E-state index contributed by atoms with van der Waals surface area (Å²) < 4.78 is 0. The molecular formula is C14H18ClNO2. The second kappa shape index (κ2) is 5.72. The van der Waals surface area contributed by atoms with E-state index in [-0.39, 0.29) is 12.0 Å². The molecule has 1 aromatic carbocycles. The van der Waals surface area contributed by atoms with Gasteiger partial charge in [0.25, 0.3) is 0 Å². The summed E-state index contributed by atoms with van der Waals surface area (Å²) in [4.78, 5) is 13.6. The predicted molar refractivity (Wildman–Crippen MR) is 71.8 cm³/mol. The SMILES string of the molecule is CCCN1CCC(C(=O)O)C1c1ccc(Cl)cc1. The minimum Gasteiger partial charge on any atom is -0.481 e. The van der Waals surface area contributed by atoms with Crippen LogP contribution in [0.25, 0.3) is 0 Å². The molecule has 0 radical (unpaired) electrons. The highest BCUT2D eigenvalue weighted by molar-refractivity contribution is 6.30. The molecule has 2 rings (SSSR count). The van der Waals surface area contributed by atoms with E-state index >= 15 is 0 Å². The largest absolute Gasteiger partial charge is 0.481 e. The third-order valence-corrected chi connectivity index (χ3v) is 3.79. The first-order valence-electron chi connectivity index (χ1n) is 6.35. The summed E-state index contributed by atoms with van der Waals surface area (Å²) in [6, 6.07) is 7.53. The van der Waals surface area contributed by atoms with E-state index in [0.29, 0.717) is 5.02 Å². The Morgan fingerprint density at radius 2 is 2.11 bits per heavy atom. The van der Waals surface area contributed by atoms with E-state index in [1.54, 1.807) is 0 Å². The number of likely N-dealkylation sites (tertiary alicyclic amines) is 1. The molecule has 3 nitrogen and oxygen atoms in total. The molecule has 1 aromatic rings. The van der Waals surface area contributed by atoms with E-state index in [2.05, 4.69) is 11.8 Å². The van der Waals surface area contributed by atoms with Crippen LogP contribution < -0.4 is 0 Å². The minimum absolute atomic E-state index is 0.0142. The number of carboxylic acids is 1. The Morgan fingerprint density at radius 1 is 1.44 bits per heavy atom. The number of nitrogens with zero attached hydrogens (tertiary/aromatic N) is 1. The lowest BCUT2D eigenvalue weighted by Gasteiger charge is -2.26. The molecule has 98 valence electrons. The monoisotopic (exact) mass is 267 g/mol. The predicted octanol–water partition coefficient (Wildman–Crippen LogP) is 3.20. The van der Waals surface area contributed by atoms with Crippen LogP contribution in [0.2, 0.25) is 5.02 Å². The molecular weight excluding hydrogens is 250 g/mol. The van der Waals surface area contributed by atoms with E-state index < -0.39 is 5.97 Å². The van der Waals surface area contributed by atoms with Crippen molar-refractivity contribution < 1.29 is 9.90 Å². The first-order valence-corrected chi connectivity index (χ1v) is 6.73. The number of rotatable bonds is 4. The Morgan fingerprint density at radius 3 is 2.67 bits per heavy atom. The van der Waals surface area contributed by atoms with Gasteiger partial charge >= 0.3 is 5.97 Å². The van der Waals surface area contributed by atoms with Gasteiger partial charge in [-0.3, -0.25) is 9.69 Å². The summed E-state index contributed by atoms with van der Waals surface area (Å²) in [5, 5.41) is 10.0. The zero-order chi connectivity index (χ0) is 13.1. The van der Waals surface area contributed by atoms with Crippen molar-refractivity contribution in [3.8, 4) is 0 Å². The summed E-state index contributed by atoms with van der Waals surface area (Å²) >= 11 is 5.88. The molecule has 2 atom stereocenters. The van der Waals surface area contributed by atoms with Crippen LogP contribution in [0.1, 0.15) is 31.4 Å². The maximum Gasteiger partial charge on any atom is 0.308 e. The van der Waals surface area contributed by atoms with E-state index in [1.807, 2.05) is 24.3 Å². The van der Waals surface area contributed by atoms with Crippen molar-refractivity contribution in [2.24, 2.45) is 5.92 Å². The lowest BCUT2D eigenvalue weighted by molar-refractivity contribution is -0.142. The van der Waals surface area contributed by atoms with Crippen molar-refractivity contribution in [2.45, 2.75) is 25.8 Å². The van der Waals surface area contributed by atoms with Crippen LogP contribution in [0.4, 0.5) is 0 Å². The van der Waals surface area contributed by atoms with Crippen LogP contribution >= 0.6 is 11.6 Å². The summed E-state index contributed by atoms with van der Waals surface area (Å²) in [6.45, 7) is 3.92. The van der Waals surface area contributed by atoms with Crippen molar-refractivity contribution in [3.05, 3.63) is 34.9 Å². The molecule has 0 saturated carbocycles. The highest BCUT2D eigenvalue weighted by atomic mass is 35.5. The summed E-state index contributed by atoms with van der Waals surface area (Å²) in [5.74, 6) is -1.01. The minimum atomic E-state index is -0.700. The fourth-order valence-corrected chi connectivity index (χ4v) is 2.88. The van der Waals surface area contributed by atoms with E-state index in [4.69, 9.17) is 11.6 Å². The molecule has 1 N–H and O–H groups in total. The average molecular weight is 268 g/mol. The number of halogens is 1. The van der Waals surface area contributed by atoms with Gasteiger partial charge in [0, 0.05) is 11.1 Å². The Labute approximate surface area is 112 Å². The second-order valence-corrected chi connectivity index (χ2v) is 5.20. The maximum absolute atomic E-state index is 11.3. The van der Waals surface area contributed by atoms with Crippen molar-refractivity contribution in [1.29, 1.82) is 0 Å². The van der Waals surface area contributed by atoms with Gasteiger partial charge in [-0.15, -0.1) is 0 Å². The Kier molecular flexibility index (Phi) is 4.25. The first-order chi connectivity index (χ1) is 8.63. The van der Waals surface area contributed by atoms with Crippen LogP contribution in [0, 0.1) is 5.92 Å². The van der Waals surface area contributed by atoms with Gasteiger partial charge in [-0.1, -0.05) is 30.7 Å². The van der Waals surface area contributed by atoms with Crippen LogP contribution in [0.15, 0.2) is 24.3 Å². The zero-order valence-electron chi connectivity index (χ0n) is 10.5. The molecule has 1 fully saturated rings. The molecule has 18 heavy (non-hydrogen) atoms. The molecule has 1 aliphatic rings. The third kappa shape index (κ3) is 2.68. The van der Waals surface area contributed by atoms with Gasteiger partial charge in [0.2, 0.25) is 0 Å². The van der Waals surface area contributed by atoms with Gasteiger partial charge in [-0.2, -0.15) is 0 Å². The smallest absolute Gasteiger partial charge is 0.308 e. The number of benzene rings is 1. The van der Waals surface area contributed by atoms with Crippen LogP contribution in [0.3, 0.4) is 0 Å². The molecule has 4 heteroatoms. The van der Waals surface area contributed by atoms with Crippen molar-refractivity contribution in [3.63, 3.8) is 0 Å². The number of carboxylic acid groups (broad SMARTS) is 1. The lowest BCUT2D eigenvalue weighted by Crippen LogP contribution is -2.28. The van der Waals surface area contributed by atoms with Crippen LogP contribution in [-0.2, 0) is 4.79 Å². The molecule has 0 amide bonds. The molecule has 0 bridgehead atoms. The highest BCUT2D eigenvalue weighted by Crippen LogP contribution is 2.37. The third-order valence-electron chi connectivity index (χ3n) is 3.54. The van der Waals surface area contributed by atoms with Gasteiger partial charge in [0.15, 0.2) is 0 Å². The number of carbonyl (C=O) groups is 1.